The first kappa shape index (κ1) is 16.7. The number of aryl methyl sites for hydroxylation is 1. The van der Waals surface area contributed by atoms with E-state index in [0.717, 1.165) is 19.3 Å². The Labute approximate surface area is 142 Å². The average Bonchev–Trinajstić information content (AvgIpc) is 2.99. The lowest BCUT2D eigenvalue weighted by atomic mass is 9.87. The third-order valence-corrected chi connectivity index (χ3v) is 5.21. The number of aliphatic carboxylic acids is 1. The number of piperidine rings is 1. The Morgan fingerprint density at radius 3 is 2.83 bits per heavy atom. The molecule has 6 nitrogen and oxygen atoms in total. The monoisotopic (exact) mass is 331 g/mol. The molecule has 0 unspecified atom stereocenters. The van der Waals surface area contributed by atoms with Gasteiger partial charge in [-0.25, -0.2) is 4.98 Å². The molecule has 1 N–H and O–H groups in total. The average molecular weight is 331 g/mol. The van der Waals surface area contributed by atoms with E-state index in [9.17, 15) is 14.7 Å². The first-order valence-corrected chi connectivity index (χ1v) is 8.75. The van der Waals surface area contributed by atoms with Gasteiger partial charge in [-0.15, -0.1) is 0 Å². The van der Waals surface area contributed by atoms with Crippen LogP contribution < -0.4 is 0 Å². The van der Waals surface area contributed by atoms with Gasteiger partial charge in [-0.05, 0) is 38.5 Å². The van der Waals surface area contributed by atoms with Crippen LogP contribution in [0.5, 0.6) is 0 Å². The number of carboxylic acids is 1. The van der Waals surface area contributed by atoms with Crippen molar-refractivity contribution in [2.45, 2.75) is 51.0 Å². The molecule has 1 saturated heterocycles. The summed E-state index contributed by atoms with van der Waals surface area (Å²) in [4.78, 5) is 30.4. The summed E-state index contributed by atoms with van der Waals surface area (Å²) in [5.41, 5.74) is 1.39. The Kier molecular flexibility index (Phi) is 5.02. The minimum Gasteiger partial charge on any atom is -0.481 e. The Balaban J connectivity index is 1.84. The van der Waals surface area contributed by atoms with Crippen LogP contribution in [0.2, 0.25) is 0 Å². The number of hydrogen-bond donors (Lipinski definition) is 1. The second-order valence-electron chi connectivity index (χ2n) is 6.77. The van der Waals surface area contributed by atoms with E-state index in [2.05, 4.69) is 11.1 Å². The van der Waals surface area contributed by atoms with Gasteiger partial charge in [0.2, 0.25) is 5.91 Å². The maximum Gasteiger partial charge on any atom is 0.309 e. The van der Waals surface area contributed by atoms with Gasteiger partial charge in [0.15, 0.2) is 0 Å². The normalized spacial score (nSPS) is 24.8. The van der Waals surface area contributed by atoms with Gasteiger partial charge >= 0.3 is 5.97 Å². The van der Waals surface area contributed by atoms with Gasteiger partial charge in [0, 0.05) is 32.4 Å². The number of likely N-dealkylation sites (tertiary alicyclic amines) is 1. The Morgan fingerprint density at radius 1 is 1.38 bits per heavy atom. The summed E-state index contributed by atoms with van der Waals surface area (Å²) in [7, 11) is 1.85. The van der Waals surface area contributed by atoms with Crippen molar-refractivity contribution in [3.63, 3.8) is 0 Å². The van der Waals surface area contributed by atoms with Gasteiger partial charge in [0.25, 0.3) is 0 Å². The number of carbonyl (C=O) groups is 2. The molecule has 2 aliphatic rings. The molecule has 1 aliphatic heterocycles. The molecule has 3 rings (SSSR count). The molecule has 6 heteroatoms. The summed E-state index contributed by atoms with van der Waals surface area (Å²) in [5, 5.41) is 9.63. The largest absolute Gasteiger partial charge is 0.481 e. The molecule has 1 amide bonds. The molecule has 0 radical (unpaired) electrons. The van der Waals surface area contributed by atoms with Crippen LogP contribution in [0.4, 0.5) is 0 Å². The van der Waals surface area contributed by atoms with Crippen LogP contribution in [-0.2, 0) is 16.6 Å². The van der Waals surface area contributed by atoms with Crippen molar-refractivity contribution in [2.75, 3.05) is 6.54 Å². The van der Waals surface area contributed by atoms with Crippen molar-refractivity contribution in [3.05, 3.63) is 29.9 Å². The van der Waals surface area contributed by atoms with Crippen molar-refractivity contribution in [2.24, 2.45) is 13.0 Å². The standard InChI is InChI=1S/C18H25N3O3/c1-20-12-10-19-17(20)16-14(18(23)24)7-8-15(22)21(16)11-9-13-5-3-2-4-6-13/h5,10,12,14,16H,2-4,6-9,11H2,1H3,(H,23,24)/t14-,16-/m0/s1. The number of nitrogens with zero attached hydrogens (tertiary/aromatic N) is 3. The third-order valence-electron chi connectivity index (χ3n) is 5.21. The predicted octanol–water partition coefficient (Wildman–Crippen LogP) is 2.67. The van der Waals surface area contributed by atoms with Crippen LogP contribution in [0.1, 0.15) is 56.8 Å². The molecule has 24 heavy (non-hydrogen) atoms. The summed E-state index contributed by atoms with van der Waals surface area (Å²) in [5.74, 6) is -0.744. The van der Waals surface area contributed by atoms with E-state index in [0.29, 0.717) is 25.2 Å². The zero-order chi connectivity index (χ0) is 17.1. The Morgan fingerprint density at radius 2 is 2.21 bits per heavy atom. The fourth-order valence-corrected chi connectivity index (χ4v) is 3.85. The van der Waals surface area contributed by atoms with E-state index in [-0.39, 0.29) is 5.91 Å². The van der Waals surface area contributed by atoms with Crippen LogP contribution in [0, 0.1) is 5.92 Å². The van der Waals surface area contributed by atoms with Crippen LogP contribution in [-0.4, -0.2) is 38.0 Å². The summed E-state index contributed by atoms with van der Waals surface area (Å²) >= 11 is 0. The van der Waals surface area contributed by atoms with E-state index in [1.807, 2.05) is 11.6 Å². The second kappa shape index (κ2) is 7.20. The van der Waals surface area contributed by atoms with Crippen LogP contribution >= 0.6 is 0 Å². The molecule has 1 fully saturated rings. The highest BCUT2D eigenvalue weighted by molar-refractivity contribution is 5.81. The Hall–Kier alpha value is -2.11. The van der Waals surface area contributed by atoms with Crippen molar-refractivity contribution in [1.82, 2.24) is 14.5 Å². The van der Waals surface area contributed by atoms with Gasteiger partial charge < -0.3 is 14.6 Å². The van der Waals surface area contributed by atoms with Gasteiger partial charge in [-0.1, -0.05) is 11.6 Å². The molecule has 0 saturated carbocycles. The Bertz CT molecular complexity index is 650. The third kappa shape index (κ3) is 3.37. The molecule has 0 spiro atoms. The molecule has 2 heterocycles. The number of carboxylic acid groups (broad SMARTS) is 1. The molecule has 1 aliphatic carbocycles. The molecule has 0 bridgehead atoms. The van der Waals surface area contributed by atoms with Crippen molar-refractivity contribution in [3.8, 4) is 0 Å². The number of rotatable bonds is 5. The maximum atomic E-state index is 12.5. The first-order chi connectivity index (χ1) is 11.6. The molecular weight excluding hydrogens is 306 g/mol. The van der Waals surface area contributed by atoms with Crippen molar-refractivity contribution >= 4 is 11.9 Å². The number of carbonyl (C=O) groups excluding carboxylic acids is 1. The molecule has 2 atom stereocenters. The van der Waals surface area contributed by atoms with E-state index < -0.39 is 17.9 Å². The fourth-order valence-electron chi connectivity index (χ4n) is 3.85. The van der Waals surface area contributed by atoms with Crippen LogP contribution in [0.25, 0.3) is 0 Å². The van der Waals surface area contributed by atoms with Gasteiger partial charge in [0.05, 0.1) is 5.92 Å². The number of amides is 1. The summed E-state index contributed by atoms with van der Waals surface area (Å²) in [6.45, 7) is 0.575. The van der Waals surface area contributed by atoms with E-state index >= 15 is 0 Å². The highest BCUT2D eigenvalue weighted by atomic mass is 16.4. The highest BCUT2D eigenvalue weighted by Gasteiger charge is 2.42. The minimum atomic E-state index is -0.850. The topological polar surface area (TPSA) is 75.4 Å². The first-order valence-electron chi connectivity index (χ1n) is 8.75. The number of hydrogen-bond acceptors (Lipinski definition) is 3. The molecule has 130 valence electrons. The van der Waals surface area contributed by atoms with Crippen LogP contribution in [0.3, 0.4) is 0 Å². The summed E-state index contributed by atoms with van der Waals surface area (Å²) in [6.07, 6.45) is 11.9. The number of aromatic nitrogens is 2. The minimum absolute atomic E-state index is 0.0388. The van der Waals surface area contributed by atoms with Gasteiger partial charge in [-0.3, -0.25) is 9.59 Å². The molecule has 1 aromatic heterocycles. The lowest BCUT2D eigenvalue weighted by Crippen LogP contribution is -2.46. The second-order valence-corrected chi connectivity index (χ2v) is 6.77. The lowest BCUT2D eigenvalue weighted by Gasteiger charge is -2.39. The lowest BCUT2D eigenvalue weighted by molar-refractivity contribution is -0.152. The fraction of sp³-hybridized carbons (Fsp3) is 0.611. The summed E-state index contributed by atoms with van der Waals surface area (Å²) < 4.78 is 1.83. The van der Waals surface area contributed by atoms with Crippen molar-refractivity contribution in [1.29, 1.82) is 0 Å². The zero-order valence-corrected chi connectivity index (χ0v) is 14.1. The van der Waals surface area contributed by atoms with Crippen LogP contribution in [0.15, 0.2) is 24.0 Å². The zero-order valence-electron chi connectivity index (χ0n) is 14.1. The number of imidazole rings is 1. The molecule has 0 aromatic carbocycles. The smallest absolute Gasteiger partial charge is 0.309 e. The van der Waals surface area contributed by atoms with Gasteiger partial charge in [-0.2, -0.15) is 0 Å². The highest BCUT2D eigenvalue weighted by Crippen LogP contribution is 2.36. The molecular formula is C18H25N3O3. The predicted molar refractivity (Wildman–Crippen MR) is 89.2 cm³/mol. The quantitative estimate of drug-likeness (QED) is 0.842. The maximum absolute atomic E-state index is 12.5. The summed E-state index contributed by atoms with van der Waals surface area (Å²) in [6, 6.07) is -0.479. The van der Waals surface area contributed by atoms with E-state index in [1.165, 1.54) is 18.4 Å². The van der Waals surface area contributed by atoms with E-state index in [4.69, 9.17) is 0 Å². The molecule has 1 aromatic rings. The van der Waals surface area contributed by atoms with E-state index in [1.54, 1.807) is 17.3 Å². The SMILES string of the molecule is Cn1ccnc1[C@@H]1[C@@H](C(=O)O)CCC(=O)N1CCC1=CCCCC1. The van der Waals surface area contributed by atoms with Crippen molar-refractivity contribution < 1.29 is 14.7 Å². The number of allylic oxidation sites excluding steroid dienone is 1. The van der Waals surface area contributed by atoms with Gasteiger partial charge in [0.1, 0.15) is 11.9 Å².